The van der Waals surface area contributed by atoms with E-state index in [4.69, 9.17) is 9.47 Å². The predicted molar refractivity (Wildman–Crippen MR) is 120 cm³/mol. The maximum Gasteiger partial charge on any atom is 0.337 e. The molecule has 1 unspecified atom stereocenters. The Bertz CT molecular complexity index is 1020. The van der Waals surface area contributed by atoms with Crippen LogP contribution in [-0.4, -0.2) is 19.0 Å². The van der Waals surface area contributed by atoms with Crippen LogP contribution in [0.25, 0.3) is 0 Å². The van der Waals surface area contributed by atoms with Gasteiger partial charge in [-0.1, -0.05) is 68.4 Å². The van der Waals surface area contributed by atoms with Gasteiger partial charge in [-0.2, -0.15) is 0 Å². The molecule has 0 spiro atoms. The Labute approximate surface area is 183 Å². The van der Waals surface area contributed by atoms with E-state index in [-0.39, 0.29) is 6.61 Å². The minimum Gasteiger partial charge on any atom is -0.466 e. The number of esters is 2. The molecule has 0 fully saturated rings. The number of benzene rings is 2. The Balaban J connectivity index is 2.00. The number of rotatable bonds is 6. The standard InChI is InChI=1S/C26H29NO4/c1-16(2)20-11-13-21(14-12-20)24-22(25(28)30-5)17(3)27-18(4)23(24)26(29)31-15-19-9-7-6-8-10-19/h6-14,16,24,27H,15H2,1-5H3. The topological polar surface area (TPSA) is 64.6 Å². The van der Waals surface area contributed by atoms with Crippen LogP contribution < -0.4 is 5.32 Å². The van der Waals surface area contributed by atoms with Crippen molar-refractivity contribution in [1.82, 2.24) is 5.32 Å². The fourth-order valence-corrected chi connectivity index (χ4v) is 3.85. The number of methoxy groups -OCH3 is 1. The molecule has 1 atom stereocenters. The van der Waals surface area contributed by atoms with E-state index in [0.717, 1.165) is 11.1 Å². The largest absolute Gasteiger partial charge is 0.466 e. The number of carbonyl (C=O) groups is 2. The van der Waals surface area contributed by atoms with Crippen molar-refractivity contribution in [2.45, 2.75) is 46.1 Å². The molecular weight excluding hydrogens is 390 g/mol. The molecule has 162 valence electrons. The molecule has 0 saturated carbocycles. The van der Waals surface area contributed by atoms with Gasteiger partial charge in [0.1, 0.15) is 6.61 Å². The number of nitrogens with one attached hydrogen (secondary N) is 1. The zero-order valence-electron chi connectivity index (χ0n) is 18.7. The van der Waals surface area contributed by atoms with Crippen LogP contribution in [0.15, 0.2) is 77.1 Å². The molecule has 2 aromatic carbocycles. The van der Waals surface area contributed by atoms with E-state index in [1.54, 1.807) is 0 Å². The molecule has 5 nitrogen and oxygen atoms in total. The fourth-order valence-electron chi connectivity index (χ4n) is 3.85. The van der Waals surface area contributed by atoms with Crippen LogP contribution in [0.1, 0.15) is 56.2 Å². The van der Waals surface area contributed by atoms with Crippen molar-refractivity contribution >= 4 is 11.9 Å². The molecule has 5 heteroatoms. The second kappa shape index (κ2) is 9.65. The first kappa shape index (κ1) is 22.3. The summed E-state index contributed by atoms with van der Waals surface area (Å²) in [5.41, 5.74) is 5.10. The molecule has 0 saturated heterocycles. The summed E-state index contributed by atoms with van der Waals surface area (Å²) in [7, 11) is 1.35. The summed E-state index contributed by atoms with van der Waals surface area (Å²) in [6.45, 7) is 8.05. The molecule has 1 aliphatic heterocycles. The average molecular weight is 420 g/mol. The summed E-state index contributed by atoms with van der Waals surface area (Å²) in [5, 5.41) is 3.16. The number of hydrogen-bond acceptors (Lipinski definition) is 5. The van der Waals surface area contributed by atoms with E-state index in [0.29, 0.717) is 28.5 Å². The summed E-state index contributed by atoms with van der Waals surface area (Å²) < 4.78 is 10.7. The summed E-state index contributed by atoms with van der Waals surface area (Å²) in [5.74, 6) is -1.12. The van der Waals surface area contributed by atoms with Crippen molar-refractivity contribution in [3.63, 3.8) is 0 Å². The molecule has 1 heterocycles. The lowest BCUT2D eigenvalue weighted by atomic mass is 9.80. The lowest BCUT2D eigenvalue weighted by Crippen LogP contribution is -2.32. The van der Waals surface area contributed by atoms with E-state index >= 15 is 0 Å². The first-order valence-electron chi connectivity index (χ1n) is 10.4. The van der Waals surface area contributed by atoms with E-state index in [1.807, 2.05) is 68.4 Å². The third-order valence-electron chi connectivity index (χ3n) is 5.53. The van der Waals surface area contributed by atoms with Gasteiger partial charge in [-0.15, -0.1) is 0 Å². The second-order valence-electron chi connectivity index (χ2n) is 8.01. The highest BCUT2D eigenvalue weighted by molar-refractivity contribution is 5.99. The lowest BCUT2D eigenvalue weighted by Gasteiger charge is -2.30. The maximum absolute atomic E-state index is 13.2. The Hall–Kier alpha value is -3.34. The Kier molecular flexibility index (Phi) is 6.95. The van der Waals surface area contributed by atoms with Crippen molar-refractivity contribution in [2.75, 3.05) is 7.11 Å². The van der Waals surface area contributed by atoms with E-state index in [2.05, 4.69) is 19.2 Å². The van der Waals surface area contributed by atoms with Gasteiger partial charge in [-0.3, -0.25) is 0 Å². The van der Waals surface area contributed by atoms with Gasteiger partial charge >= 0.3 is 11.9 Å². The highest BCUT2D eigenvalue weighted by Crippen LogP contribution is 2.39. The first-order chi connectivity index (χ1) is 14.8. The van der Waals surface area contributed by atoms with Crippen molar-refractivity contribution in [3.8, 4) is 0 Å². The van der Waals surface area contributed by atoms with Gasteiger partial charge < -0.3 is 14.8 Å². The molecule has 2 aromatic rings. The van der Waals surface area contributed by atoms with E-state index in [9.17, 15) is 9.59 Å². The molecular formula is C26H29NO4. The van der Waals surface area contributed by atoms with Crippen LogP contribution in [0.3, 0.4) is 0 Å². The SMILES string of the molecule is COC(=O)C1=C(C)NC(C)=C(C(=O)OCc2ccccc2)C1c1ccc(C(C)C)cc1. The van der Waals surface area contributed by atoms with Gasteiger partial charge in [0, 0.05) is 11.4 Å². The molecule has 1 aliphatic rings. The van der Waals surface area contributed by atoms with E-state index in [1.165, 1.54) is 12.7 Å². The van der Waals surface area contributed by atoms with Gasteiger partial charge in [0.05, 0.1) is 24.2 Å². The van der Waals surface area contributed by atoms with Crippen LogP contribution in [-0.2, 0) is 25.7 Å². The van der Waals surface area contributed by atoms with Gasteiger partial charge in [-0.25, -0.2) is 9.59 Å². The highest BCUT2D eigenvalue weighted by atomic mass is 16.5. The zero-order valence-corrected chi connectivity index (χ0v) is 18.7. The van der Waals surface area contributed by atoms with Crippen LogP contribution in [0.5, 0.6) is 0 Å². The zero-order chi connectivity index (χ0) is 22.5. The minimum atomic E-state index is -0.571. The van der Waals surface area contributed by atoms with Crippen LogP contribution in [0.4, 0.5) is 0 Å². The number of dihydropyridines is 1. The third kappa shape index (κ3) is 4.88. The molecule has 31 heavy (non-hydrogen) atoms. The van der Waals surface area contributed by atoms with Crippen molar-refractivity contribution in [2.24, 2.45) is 0 Å². The van der Waals surface area contributed by atoms with Crippen molar-refractivity contribution < 1.29 is 19.1 Å². The van der Waals surface area contributed by atoms with Crippen molar-refractivity contribution in [3.05, 3.63) is 93.8 Å². The summed E-state index contributed by atoms with van der Waals surface area (Å²) in [6.07, 6.45) is 0. The number of hydrogen-bond donors (Lipinski definition) is 1. The lowest BCUT2D eigenvalue weighted by molar-refractivity contribution is -0.140. The predicted octanol–water partition coefficient (Wildman–Crippen LogP) is 4.96. The Morgan fingerprint density at radius 1 is 0.903 bits per heavy atom. The van der Waals surface area contributed by atoms with Crippen LogP contribution >= 0.6 is 0 Å². The summed E-state index contributed by atoms with van der Waals surface area (Å²) >= 11 is 0. The smallest absolute Gasteiger partial charge is 0.337 e. The summed E-state index contributed by atoms with van der Waals surface area (Å²) in [6, 6.07) is 17.5. The molecule has 3 rings (SSSR count). The third-order valence-corrected chi connectivity index (χ3v) is 5.53. The second-order valence-corrected chi connectivity index (χ2v) is 8.01. The van der Waals surface area contributed by atoms with Gasteiger partial charge in [-0.05, 0) is 36.5 Å². The monoisotopic (exact) mass is 419 g/mol. The maximum atomic E-state index is 13.2. The minimum absolute atomic E-state index is 0.158. The Morgan fingerprint density at radius 3 is 2.03 bits per heavy atom. The molecule has 1 N–H and O–H groups in total. The quantitative estimate of drug-likeness (QED) is 0.671. The molecule has 0 radical (unpaired) electrons. The summed E-state index contributed by atoms with van der Waals surface area (Å²) in [4.78, 5) is 25.9. The average Bonchev–Trinajstić information content (AvgIpc) is 2.77. The molecule has 0 aromatic heterocycles. The van der Waals surface area contributed by atoms with Crippen molar-refractivity contribution in [1.29, 1.82) is 0 Å². The number of carbonyl (C=O) groups excluding carboxylic acids is 2. The molecule has 0 aliphatic carbocycles. The van der Waals surface area contributed by atoms with Gasteiger partial charge in [0.15, 0.2) is 0 Å². The number of allylic oxidation sites excluding steroid dienone is 2. The fraction of sp³-hybridized carbons (Fsp3) is 0.308. The molecule has 0 amide bonds. The normalized spacial score (nSPS) is 16.3. The van der Waals surface area contributed by atoms with E-state index < -0.39 is 17.9 Å². The molecule has 0 bridgehead atoms. The van der Waals surface area contributed by atoms with Gasteiger partial charge in [0.2, 0.25) is 0 Å². The highest BCUT2D eigenvalue weighted by Gasteiger charge is 2.37. The first-order valence-corrected chi connectivity index (χ1v) is 10.4. The van der Waals surface area contributed by atoms with Crippen LogP contribution in [0.2, 0.25) is 0 Å². The van der Waals surface area contributed by atoms with Gasteiger partial charge in [0.25, 0.3) is 0 Å². The Morgan fingerprint density at radius 2 is 1.48 bits per heavy atom. The van der Waals surface area contributed by atoms with Crippen LogP contribution in [0, 0.1) is 0 Å². The number of ether oxygens (including phenoxy) is 2.